The highest BCUT2D eigenvalue weighted by Crippen LogP contribution is 2.18. The van der Waals surface area contributed by atoms with E-state index in [1.54, 1.807) is 0 Å². The number of rotatable bonds is 7. The minimum absolute atomic E-state index is 0. The zero-order chi connectivity index (χ0) is 15.2. The molecule has 1 aromatic rings. The van der Waals surface area contributed by atoms with E-state index in [2.05, 4.69) is 35.1 Å². The van der Waals surface area contributed by atoms with E-state index in [9.17, 15) is 4.79 Å². The Balaban J connectivity index is 0.00000400. The smallest absolute Gasteiger partial charge is 0.220 e. The van der Waals surface area contributed by atoms with Crippen LogP contribution in [0, 0.1) is 5.92 Å². The van der Waals surface area contributed by atoms with Gasteiger partial charge in [-0.3, -0.25) is 4.79 Å². The molecule has 3 N–H and O–H groups in total. The van der Waals surface area contributed by atoms with E-state index in [1.807, 2.05) is 31.2 Å². The third-order valence-electron chi connectivity index (χ3n) is 3.33. The van der Waals surface area contributed by atoms with Gasteiger partial charge in [-0.05, 0) is 37.3 Å². The highest BCUT2D eigenvalue weighted by molar-refractivity contribution is 9.10. The molecule has 0 aliphatic heterocycles. The van der Waals surface area contributed by atoms with Crippen molar-refractivity contribution in [3.63, 3.8) is 0 Å². The van der Waals surface area contributed by atoms with Gasteiger partial charge in [-0.1, -0.05) is 48.0 Å². The summed E-state index contributed by atoms with van der Waals surface area (Å²) in [5.74, 6) is 0.571. The van der Waals surface area contributed by atoms with E-state index in [4.69, 9.17) is 5.73 Å². The third-order valence-corrected chi connectivity index (χ3v) is 4.10. The molecule has 0 fully saturated rings. The number of hydrogen-bond donors (Lipinski definition) is 2. The van der Waals surface area contributed by atoms with Crippen LogP contribution in [-0.4, -0.2) is 18.0 Å². The first-order valence-corrected chi connectivity index (χ1v) is 7.90. The predicted molar refractivity (Wildman–Crippen MR) is 94.8 cm³/mol. The fourth-order valence-electron chi connectivity index (χ4n) is 2.43. The van der Waals surface area contributed by atoms with Crippen molar-refractivity contribution >= 4 is 34.2 Å². The van der Waals surface area contributed by atoms with Crippen molar-refractivity contribution < 1.29 is 4.79 Å². The highest BCUT2D eigenvalue weighted by atomic mass is 79.9. The standard InChI is InChI=1S/C16H25BrN2O.ClH/c1-12(2)10-16(3,11-18)19-15(20)9-8-13-6-4-5-7-14(13)17;/h4-7,12H,8-11,18H2,1-3H3,(H,19,20);1H. The third kappa shape index (κ3) is 7.30. The minimum atomic E-state index is -0.306. The Morgan fingerprint density at radius 2 is 2.00 bits per heavy atom. The largest absolute Gasteiger partial charge is 0.350 e. The molecular formula is C16H26BrClN2O. The summed E-state index contributed by atoms with van der Waals surface area (Å²) in [6, 6.07) is 7.99. The summed E-state index contributed by atoms with van der Waals surface area (Å²) in [6.45, 7) is 6.76. The quantitative estimate of drug-likeness (QED) is 0.761. The molecule has 3 nitrogen and oxygen atoms in total. The maximum atomic E-state index is 12.1. The molecular weight excluding hydrogens is 352 g/mol. The van der Waals surface area contributed by atoms with Gasteiger partial charge in [0, 0.05) is 23.0 Å². The molecule has 5 heteroatoms. The van der Waals surface area contributed by atoms with E-state index in [1.165, 1.54) is 0 Å². The van der Waals surface area contributed by atoms with Crippen molar-refractivity contribution in [3.8, 4) is 0 Å². The Morgan fingerprint density at radius 1 is 1.38 bits per heavy atom. The minimum Gasteiger partial charge on any atom is -0.350 e. The van der Waals surface area contributed by atoms with Crippen molar-refractivity contribution in [1.82, 2.24) is 5.32 Å². The van der Waals surface area contributed by atoms with Gasteiger partial charge in [-0.2, -0.15) is 0 Å². The van der Waals surface area contributed by atoms with E-state index in [0.717, 1.165) is 22.9 Å². The number of carbonyl (C=O) groups excluding carboxylic acids is 1. The maximum Gasteiger partial charge on any atom is 0.220 e. The number of halogens is 2. The first kappa shape index (κ1) is 20.4. The Labute approximate surface area is 142 Å². The lowest BCUT2D eigenvalue weighted by Crippen LogP contribution is -2.52. The molecule has 0 radical (unpaired) electrons. The molecule has 1 amide bonds. The van der Waals surface area contributed by atoms with Crippen LogP contribution < -0.4 is 11.1 Å². The normalized spacial score (nSPS) is 13.4. The lowest BCUT2D eigenvalue weighted by atomic mass is 9.90. The predicted octanol–water partition coefficient (Wildman–Crippen LogP) is 3.68. The zero-order valence-electron chi connectivity index (χ0n) is 13.0. The molecule has 1 atom stereocenters. The molecule has 1 unspecified atom stereocenters. The number of benzene rings is 1. The van der Waals surface area contributed by atoms with Crippen LogP contribution in [0.1, 0.15) is 39.2 Å². The van der Waals surface area contributed by atoms with Crippen molar-refractivity contribution in [1.29, 1.82) is 0 Å². The Hall–Kier alpha value is -0.580. The summed E-state index contributed by atoms with van der Waals surface area (Å²) in [7, 11) is 0. The first-order chi connectivity index (χ1) is 9.36. The number of carbonyl (C=O) groups is 1. The average Bonchev–Trinajstić information content (AvgIpc) is 2.36. The van der Waals surface area contributed by atoms with Crippen LogP contribution in [-0.2, 0) is 11.2 Å². The summed E-state index contributed by atoms with van der Waals surface area (Å²) in [4.78, 5) is 12.1. The summed E-state index contributed by atoms with van der Waals surface area (Å²) < 4.78 is 1.05. The van der Waals surface area contributed by atoms with Crippen LogP contribution in [0.3, 0.4) is 0 Å². The summed E-state index contributed by atoms with van der Waals surface area (Å²) >= 11 is 3.50. The van der Waals surface area contributed by atoms with Crippen LogP contribution in [0.5, 0.6) is 0 Å². The zero-order valence-corrected chi connectivity index (χ0v) is 15.4. The summed E-state index contributed by atoms with van der Waals surface area (Å²) in [5, 5.41) is 3.08. The Morgan fingerprint density at radius 3 is 2.52 bits per heavy atom. The van der Waals surface area contributed by atoms with Crippen LogP contribution in [0.15, 0.2) is 28.7 Å². The van der Waals surface area contributed by atoms with Crippen molar-refractivity contribution in [2.75, 3.05) is 6.54 Å². The molecule has 0 heterocycles. The number of amides is 1. The maximum absolute atomic E-state index is 12.1. The van der Waals surface area contributed by atoms with E-state index in [-0.39, 0.29) is 23.9 Å². The van der Waals surface area contributed by atoms with Crippen molar-refractivity contribution in [2.24, 2.45) is 11.7 Å². The SMILES string of the molecule is CC(C)CC(C)(CN)NC(=O)CCc1ccccc1Br.Cl. The number of nitrogens with one attached hydrogen (secondary N) is 1. The van der Waals surface area contributed by atoms with Gasteiger partial charge in [-0.15, -0.1) is 12.4 Å². The fraction of sp³-hybridized carbons (Fsp3) is 0.562. The summed E-state index contributed by atoms with van der Waals surface area (Å²) in [6.07, 6.45) is 2.11. The lowest BCUT2D eigenvalue weighted by Gasteiger charge is -2.31. The molecule has 0 bridgehead atoms. The van der Waals surface area contributed by atoms with Crippen LogP contribution in [0.2, 0.25) is 0 Å². The van der Waals surface area contributed by atoms with Crippen molar-refractivity contribution in [3.05, 3.63) is 34.3 Å². The molecule has 1 rings (SSSR count). The van der Waals surface area contributed by atoms with Gasteiger partial charge in [0.1, 0.15) is 0 Å². The van der Waals surface area contributed by atoms with Gasteiger partial charge in [-0.25, -0.2) is 0 Å². The molecule has 0 saturated carbocycles. The van der Waals surface area contributed by atoms with Crippen LogP contribution in [0.25, 0.3) is 0 Å². The molecule has 0 aliphatic carbocycles. The van der Waals surface area contributed by atoms with Gasteiger partial charge in [0.2, 0.25) is 5.91 Å². The molecule has 120 valence electrons. The van der Waals surface area contributed by atoms with Gasteiger partial charge in [0.05, 0.1) is 0 Å². The lowest BCUT2D eigenvalue weighted by molar-refractivity contribution is -0.122. The van der Waals surface area contributed by atoms with Gasteiger partial charge in [0.25, 0.3) is 0 Å². The number of hydrogen-bond acceptors (Lipinski definition) is 2. The fourth-order valence-corrected chi connectivity index (χ4v) is 2.92. The Kier molecular flexibility index (Phi) is 9.18. The van der Waals surface area contributed by atoms with E-state index in [0.29, 0.717) is 18.9 Å². The number of nitrogens with two attached hydrogens (primary N) is 1. The van der Waals surface area contributed by atoms with Gasteiger partial charge < -0.3 is 11.1 Å². The second-order valence-corrected chi connectivity index (χ2v) is 6.86. The molecule has 21 heavy (non-hydrogen) atoms. The van der Waals surface area contributed by atoms with Gasteiger partial charge in [0.15, 0.2) is 0 Å². The first-order valence-electron chi connectivity index (χ1n) is 7.11. The monoisotopic (exact) mass is 376 g/mol. The van der Waals surface area contributed by atoms with Crippen LogP contribution in [0.4, 0.5) is 0 Å². The molecule has 0 saturated heterocycles. The molecule has 0 aliphatic rings. The van der Waals surface area contributed by atoms with E-state index >= 15 is 0 Å². The van der Waals surface area contributed by atoms with Crippen LogP contribution >= 0.6 is 28.3 Å². The highest BCUT2D eigenvalue weighted by Gasteiger charge is 2.25. The average molecular weight is 378 g/mol. The second kappa shape index (κ2) is 9.44. The second-order valence-electron chi connectivity index (χ2n) is 6.00. The van der Waals surface area contributed by atoms with E-state index < -0.39 is 0 Å². The Bertz CT molecular complexity index is 454. The molecule has 1 aromatic carbocycles. The van der Waals surface area contributed by atoms with Gasteiger partial charge >= 0.3 is 0 Å². The molecule has 0 spiro atoms. The summed E-state index contributed by atoms with van der Waals surface area (Å²) in [5.41, 5.74) is 6.66. The number of aryl methyl sites for hydroxylation is 1. The molecule has 0 aromatic heterocycles. The topological polar surface area (TPSA) is 55.1 Å². The van der Waals surface area contributed by atoms with Crippen molar-refractivity contribution in [2.45, 2.75) is 45.6 Å².